The maximum Gasteiger partial charge on any atom is 0.222 e. The fourth-order valence-corrected chi connectivity index (χ4v) is 1.96. The molecule has 0 radical (unpaired) electrons. The second-order valence-corrected chi connectivity index (χ2v) is 4.69. The Kier molecular flexibility index (Phi) is 4.76. The van der Waals surface area contributed by atoms with Crippen molar-refractivity contribution in [1.29, 1.82) is 0 Å². The minimum absolute atomic E-state index is 0.0222. The third kappa shape index (κ3) is 3.85. The lowest BCUT2D eigenvalue weighted by atomic mass is 10.2. The van der Waals surface area contributed by atoms with Gasteiger partial charge in [-0.1, -0.05) is 12.1 Å². The van der Waals surface area contributed by atoms with Gasteiger partial charge in [-0.25, -0.2) is 4.98 Å². The van der Waals surface area contributed by atoms with Crippen molar-refractivity contribution in [3.8, 4) is 5.75 Å². The molecule has 1 aromatic heterocycles. The molecule has 20 heavy (non-hydrogen) atoms. The van der Waals surface area contributed by atoms with Gasteiger partial charge in [-0.15, -0.1) is 0 Å². The second-order valence-electron chi connectivity index (χ2n) is 4.69. The lowest BCUT2D eigenvalue weighted by Crippen LogP contribution is -2.25. The van der Waals surface area contributed by atoms with Crippen LogP contribution in [0.5, 0.6) is 5.75 Å². The number of aromatic nitrogens is 2. The molecule has 1 amide bonds. The highest BCUT2D eigenvalue weighted by molar-refractivity contribution is 5.76. The molecule has 0 aliphatic rings. The van der Waals surface area contributed by atoms with Gasteiger partial charge in [0.05, 0.1) is 13.4 Å². The van der Waals surface area contributed by atoms with E-state index in [1.54, 1.807) is 19.6 Å². The normalized spacial score (nSPS) is 11.9. The maximum absolute atomic E-state index is 11.9. The first kappa shape index (κ1) is 14.1. The van der Waals surface area contributed by atoms with Crippen LogP contribution in [0.3, 0.4) is 0 Å². The zero-order chi connectivity index (χ0) is 14.4. The molecule has 0 aliphatic carbocycles. The van der Waals surface area contributed by atoms with Crippen molar-refractivity contribution in [2.75, 3.05) is 7.11 Å². The number of nitrogens with one attached hydrogen (secondary N) is 1. The van der Waals surface area contributed by atoms with Crippen LogP contribution >= 0.6 is 0 Å². The van der Waals surface area contributed by atoms with Gasteiger partial charge in [0.15, 0.2) is 0 Å². The molecule has 1 atom stereocenters. The fraction of sp³-hybridized carbons (Fsp3) is 0.333. The molecule has 0 saturated heterocycles. The summed E-state index contributed by atoms with van der Waals surface area (Å²) in [5, 5.41) is 2.91. The second kappa shape index (κ2) is 6.75. The van der Waals surface area contributed by atoms with Crippen molar-refractivity contribution in [2.45, 2.75) is 25.9 Å². The molecule has 1 heterocycles. The lowest BCUT2D eigenvalue weighted by Gasteiger charge is -2.13. The van der Waals surface area contributed by atoms with Gasteiger partial charge in [0.25, 0.3) is 0 Å². The van der Waals surface area contributed by atoms with E-state index in [2.05, 4.69) is 10.3 Å². The Morgan fingerprint density at radius 2 is 2.35 bits per heavy atom. The Labute approximate surface area is 118 Å². The molecular formula is C15H19N3O2. The van der Waals surface area contributed by atoms with E-state index in [9.17, 15) is 4.79 Å². The molecule has 0 unspecified atom stereocenters. The molecule has 0 saturated carbocycles. The minimum Gasteiger partial charge on any atom is -0.497 e. The van der Waals surface area contributed by atoms with Crippen molar-refractivity contribution >= 4 is 5.91 Å². The van der Waals surface area contributed by atoms with Crippen molar-refractivity contribution in [3.05, 3.63) is 48.5 Å². The van der Waals surface area contributed by atoms with Crippen molar-refractivity contribution < 1.29 is 9.53 Å². The van der Waals surface area contributed by atoms with Crippen LogP contribution < -0.4 is 10.1 Å². The summed E-state index contributed by atoms with van der Waals surface area (Å²) in [6, 6.07) is 7.77. The number of amides is 1. The predicted octanol–water partition coefficient (Wildman–Crippen LogP) is 2.16. The monoisotopic (exact) mass is 273 g/mol. The van der Waals surface area contributed by atoms with Gasteiger partial charge < -0.3 is 14.6 Å². The summed E-state index contributed by atoms with van der Waals surface area (Å²) in [4.78, 5) is 15.9. The third-order valence-corrected chi connectivity index (χ3v) is 3.14. The molecule has 0 fully saturated rings. The summed E-state index contributed by atoms with van der Waals surface area (Å²) in [6.45, 7) is 2.50. The molecule has 1 aromatic carbocycles. The molecule has 0 spiro atoms. The average Bonchev–Trinajstić information content (AvgIpc) is 2.99. The standard InChI is InChI=1S/C15H19N3O2/c1-12(18-7-6-16-11-18)8-15(19)17-10-13-4-3-5-14(9-13)20-2/h3-7,9,11-12H,8,10H2,1-2H3,(H,17,19)/t12-/m1/s1. The zero-order valence-electron chi connectivity index (χ0n) is 11.7. The van der Waals surface area contributed by atoms with Crippen LogP contribution in [0.15, 0.2) is 43.0 Å². The molecule has 0 bridgehead atoms. The van der Waals surface area contributed by atoms with E-state index in [1.165, 1.54) is 0 Å². The Morgan fingerprint density at radius 1 is 1.50 bits per heavy atom. The molecule has 1 N–H and O–H groups in total. The summed E-state index contributed by atoms with van der Waals surface area (Å²) in [5.74, 6) is 0.817. The maximum atomic E-state index is 11.9. The highest BCUT2D eigenvalue weighted by Crippen LogP contribution is 2.13. The van der Waals surface area contributed by atoms with Crippen LogP contribution in [0.2, 0.25) is 0 Å². The van der Waals surface area contributed by atoms with Crippen LogP contribution in [-0.4, -0.2) is 22.6 Å². The summed E-state index contributed by atoms with van der Waals surface area (Å²) >= 11 is 0. The Bertz CT molecular complexity index is 552. The van der Waals surface area contributed by atoms with Gasteiger partial charge >= 0.3 is 0 Å². The third-order valence-electron chi connectivity index (χ3n) is 3.14. The summed E-state index contributed by atoms with van der Waals surface area (Å²) < 4.78 is 7.07. The summed E-state index contributed by atoms with van der Waals surface area (Å²) in [5.41, 5.74) is 1.02. The first-order valence-electron chi connectivity index (χ1n) is 6.56. The summed E-state index contributed by atoms with van der Waals surface area (Å²) in [6.07, 6.45) is 5.73. The highest BCUT2D eigenvalue weighted by Gasteiger charge is 2.10. The van der Waals surface area contributed by atoms with E-state index in [-0.39, 0.29) is 11.9 Å². The number of nitrogens with zero attached hydrogens (tertiary/aromatic N) is 2. The number of hydrogen-bond donors (Lipinski definition) is 1. The van der Waals surface area contributed by atoms with E-state index in [0.29, 0.717) is 13.0 Å². The fourth-order valence-electron chi connectivity index (χ4n) is 1.96. The lowest BCUT2D eigenvalue weighted by molar-refractivity contribution is -0.121. The average molecular weight is 273 g/mol. The van der Waals surface area contributed by atoms with Crippen LogP contribution in [0.1, 0.15) is 24.9 Å². The molecule has 0 aliphatic heterocycles. The summed E-state index contributed by atoms with van der Waals surface area (Å²) in [7, 11) is 1.63. The van der Waals surface area contributed by atoms with E-state index in [1.807, 2.05) is 42.0 Å². The smallest absolute Gasteiger partial charge is 0.222 e. The number of rotatable bonds is 6. The number of carbonyl (C=O) groups excluding carboxylic acids is 1. The van der Waals surface area contributed by atoms with Crippen LogP contribution in [0.25, 0.3) is 0 Å². The first-order chi connectivity index (χ1) is 9.69. The number of hydrogen-bond acceptors (Lipinski definition) is 3. The Balaban J connectivity index is 1.83. The predicted molar refractivity (Wildman–Crippen MR) is 76.4 cm³/mol. The number of methoxy groups -OCH3 is 1. The first-order valence-corrected chi connectivity index (χ1v) is 6.56. The number of ether oxygens (including phenoxy) is 1. The van der Waals surface area contributed by atoms with E-state index < -0.39 is 0 Å². The van der Waals surface area contributed by atoms with Gasteiger partial charge in [-0.3, -0.25) is 4.79 Å². The van der Waals surface area contributed by atoms with Crippen LogP contribution in [0, 0.1) is 0 Å². The quantitative estimate of drug-likeness (QED) is 0.877. The molecular weight excluding hydrogens is 254 g/mol. The highest BCUT2D eigenvalue weighted by atomic mass is 16.5. The molecule has 106 valence electrons. The number of imidazole rings is 1. The van der Waals surface area contributed by atoms with E-state index >= 15 is 0 Å². The Hall–Kier alpha value is -2.30. The van der Waals surface area contributed by atoms with Gasteiger partial charge in [0.1, 0.15) is 5.75 Å². The molecule has 5 nitrogen and oxygen atoms in total. The molecule has 5 heteroatoms. The SMILES string of the molecule is COc1cccc(CNC(=O)C[C@@H](C)n2ccnc2)c1. The topological polar surface area (TPSA) is 56.1 Å². The molecule has 2 aromatic rings. The number of carbonyl (C=O) groups is 1. The van der Waals surface area contributed by atoms with Crippen molar-refractivity contribution in [1.82, 2.24) is 14.9 Å². The van der Waals surface area contributed by atoms with E-state index in [4.69, 9.17) is 4.74 Å². The zero-order valence-corrected chi connectivity index (χ0v) is 11.7. The van der Waals surface area contributed by atoms with Gasteiger partial charge in [-0.05, 0) is 24.6 Å². The van der Waals surface area contributed by atoms with Crippen LogP contribution in [-0.2, 0) is 11.3 Å². The molecule has 2 rings (SSSR count). The van der Waals surface area contributed by atoms with Gasteiger partial charge in [0.2, 0.25) is 5.91 Å². The van der Waals surface area contributed by atoms with Crippen molar-refractivity contribution in [3.63, 3.8) is 0 Å². The van der Waals surface area contributed by atoms with E-state index in [0.717, 1.165) is 11.3 Å². The minimum atomic E-state index is 0.0222. The van der Waals surface area contributed by atoms with Crippen LogP contribution in [0.4, 0.5) is 0 Å². The van der Waals surface area contributed by atoms with Crippen molar-refractivity contribution in [2.24, 2.45) is 0 Å². The number of benzene rings is 1. The Morgan fingerprint density at radius 3 is 3.05 bits per heavy atom. The largest absolute Gasteiger partial charge is 0.497 e. The van der Waals surface area contributed by atoms with Gasteiger partial charge in [-0.2, -0.15) is 0 Å². The van der Waals surface area contributed by atoms with Gasteiger partial charge in [0, 0.05) is 31.4 Å².